The number of ether oxygens (including phenoxy) is 3. The van der Waals surface area contributed by atoms with E-state index in [9.17, 15) is 10.2 Å². The van der Waals surface area contributed by atoms with Crippen LogP contribution in [0.2, 0.25) is 0 Å². The molecule has 0 unspecified atom stereocenters. The molecule has 0 bridgehead atoms. The SMILES string of the molecule is COc1cc(N=Cc2cccc(O)c2O)cc(OC)c1OC. The van der Waals surface area contributed by atoms with Gasteiger partial charge in [0.2, 0.25) is 5.75 Å². The highest BCUT2D eigenvalue weighted by Gasteiger charge is 2.12. The molecule has 0 amide bonds. The van der Waals surface area contributed by atoms with E-state index < -0.39 is 0 Å². The van der Waals surface area contributed by atoms with Crippen LogP contribution in [0.4, 0.5) is 5.69 Å². The molecule has 22 heavy (non-hydrogen) atoms. The van der Waals surface area contributed by atoms with Gasteiger partial charge >= 0.3 is 0 Å². The largest absolute Gasteiger partial charge is 0.504 e. The molecule has 0 aliphatic carbocycles. The second-order valence-electron chi connectivity index (χ2n) is 4.36. The number of rotatable bonds is 5. The molecule has 0 atom stereocenters. The highest BCUT2D eigenvalue weighted by molar-refractivity contribution is 5.86. The quantitative estimate of drug-likeness (QED) is 0.656. The maximum Gasteiger partial charge on any atom is 0.203 e. The minimum atomic E-state index is -0.223. The summed E-state index contributed by atoms with van der Waals surface area (Å²) in [6.45, 7) is 0. The molecule has 6 heteroatoms. The van der Waals surface area contributed by atoms with Gasteiger partial charge in [0.1, 0.15) is 0 Å². The summed E-state index contributed by atoms with van der Waals surface area (Å²) in [6, 6.07) is 8.00. The topological polar surface area (TPSA) is 80.5 Å². The Bertz CT molecular complexity index is 672. The van der Waals surface area contributed by atoms with Crippen molar-refractivity contribution in [2.24, 2.45) is 4.99 Å². The Morgan fingerprint density at radius 2 is 1.59 bits per heavy atom. The Kier molecular flexibility index (Phi) is 4.73. The molecule has 0 aliphatic heterocycles. The van der Waals surface area contributed by atoms with Crippen molar-refractivity contribution in [2.75, 3.05) is 21.3 Å². The lowest BCUT2D eigenvalue weighted by Gasteiger charge is -2.12. The molecular formula is C16H17NO5. The van der Waals surface area contributed by atoms with Gasteiger partial charge in [0.05, 0.1) is 27.0 Å². The number of aliphatic imine (C=N–C) groups is 1. The predicted octanol–water partition coefficient (Wildman–Crippen LogP) is 2.87. The maximum atomic E-state index is 9.75. The summed E-state index contributed by atoms with van der Waals surface area (Å²) in [6.07, 6.45) is 1.44. The molecular weight excluding hydrogens is 286 g/mol. The average Bonchev–Trinajstić information content (AvgIpc) is 2.55. The number of para-hydroxylation sites is 1. The molecule has 0 saturated carbocycles. The zero-order valence-corrected chi connectivity index (χ0v) is 12.5. The highest BCUT2D eigenvalue weighted by atomic mass is 16.5. The molecule has 0 aromatic heterocycles. The van der Waals surface area contributed by atoms with Gasteiger partial charge in [-0.1, -0.05) is 6.07 Å². The zero-order chi connectivity index (χ0) is 16.1. The van der Waals surface area contributed by atoms with Crippen molar-refractivity contribution in [3.8, 4) is 28.7 Å². The Morgan fingerprint density at radius 1 is 0.955 bits per heavy atom. The first kappa shape index (κ1) is 15.5. The monoisotopic (exact) mass is 303 g/mol. The molecule has 2 N–H and O–H groups in total. The van der Waals surface area contributed by atoms with Crippen molar-refractivity contribution >= 4 is 11.9 Å². The molecule has 6 nitrogen and oxygen atoms in total. The van der Waals surface area contributed by atoms with Crippen LogP contribution in [0.25, 0.3) is 0 Å². The molecule has 116 valence electrons. The van der Waals surface area contributed by atoms with E-state index in [0.717, 1.165) is 0 Å². The molecule has 2 aromatic rings. The van der Waals surface area contributed by atoms with Crippen LogP contribution >= 0.6 is 0 Å². The number of methoxy groups -OCH3 is 3. The van der Waals surface area contributed by atoms with Gasteiger partial charge in [-0.05, 0) is 12.1 Å². The first-order chi connectivity index (χ1) is 10.6. The molecule has 0 fully saturated rings. The molecule has 0 radical (unpaired) electrons. The maximum absolute atomic E-state index is 9.75. The van der Waals surface area contributed by atoms with E-state index in [1.165, 1.54) is 33.6 Å². The van der Waals surface area contributed by atoms with E-state index in [1.807, 2.05) is 0 Å². The van der Waals surface area contributed by atoms with E-state index in [2.05, 4.69) is 4.99 Å². The normalized spacial score (nSPS) is 10.7. The summed E-state index contributed by atoms with van der Waals surface area (Å²) in [5.41, 5.74) is 0.950. The summed E-state index contributed by atoms with van der Waals surface area (Å²) in [4.78, 5) is 4.26. The summed E-state index contributed by atoms with van der Waals surface area (Å²) in [5, 5.41) is 19.2. The first-order valence-electron chi connectivity index (χ1n) is 6.45. The fourth-order valence-corrected chi connectivity index (χ4v) is 1.94. The van der Waals surface area contributed by atoms with E-state index >= 15 is 0 Å². The molecule has 0 heterocycles. The number of aromatic hydroxyl groups is 2. The van der Waals surface area contributed by atoms with Gasteiger partial charge in [-0.2, -0.15) is 0 Å². The fourth-order valence-electron chi connectivity index (χ4n) is 1.94. The third-order valence-electron chi connectivity index (χ3n) is 3.05. The van der Waals surface area contributed by atoms with Crippen molar-refractivity contribution in [3.05, 3.63) is 35.9 Å². The summed E-state index contributed by atoms with van der Waals surface area (Å²) >= 11 is 0. The van der Waals surface area contributed by atoms with Crippen molar-refractivity contribution in [1.82, 2.24) is 0 Å². The molecule has 0 aliphatic rings. The number of phenolic OH excluding ortho intramolecular Hbond substituents is 2. The average molecular weight is 303 g/mol. The minimum Gasteiger partial charge on any atom is -0.504 e. The Labute approximate surface area is 128 Å². The third-order valence-corrected chi connectivity index (χ3v) is 3.05. The van der Waals surface area contributed by atoms with Crippen LogP contribution in [0.1, 0.15) is 5.56 Å². The van der Waals surface area contributed by atoms with Gasteiger partial charge in [0.15, 0.2) is 23.0 Å². The van der Waals surface area contributed by atoms with Gasteiger partial charge in [0.25, 0.3) is 0 Å². The van der Waals surface area contributed by atoms with Crippen molar-refractivity contribution in [2.45, 2.75) is 0 Å². The van der Waals surface area contributed by atoms with Crippen LogP contribution in [0.15, 0.2) is 35.3 Å². The number of hydrogen-bond donors (Lipinski definition) is 2. The summed E-state index contributed by atoms with van der Waals surface area (Å²) in [7, 11) is 4.56. The third kappa shape index (κ3) is 3.06. The number of nitrogens with zero attached hydrogens (tertiary/aromatic N) is 1. The second kappa shape index (κ2) is 6.71. The van der Waals surface area contributed by atoms with Crippen molar-refractivity contribution in [3.63, 3.8) is 0 Å². The lowest BCUT2D eigenvalue weighted by Crippen LogP contribution is -1.94. The van der Waals surface area contributed by atoms with Gasteiger partial charge in [0, 0.05) is 23.9 Å². The van der Waals surface area contributed by atoms with Gasteiger partial charge < -0.3 is 24.4 Å². The van der Waals surface area contributed by atoms with Crippen LogP contribution in [-0.4, -0.2) is 37.8 Å². The molecule has 0 saturated heterocycles. The van der Waals surface area contributed by atoms with Crippen molar-refractivity contribution in [1.29, 1.82) is 0 Å². The molecule has 0 spiro atoms. The van der Waals surface area contributed by atoms with Gasteiger partial charge in [-0.15, -0.1) is 0 Å². The van der Waals surface area contributed by atoms with E-state index in [4.69, 9.17) is 14.2 Å². The van der Waals surface area contributed by atoms with Crippen molar-refractivity contribution < 1.29 is 24.4 Å². The van der Waals surface area contributed by atoms with Gasteiger partial charge in [-0.25, -0.2) is 0 Å². The summed E-state index contributed by atoms with van der Waals surface area (Å²) in [5.74, 6) is 1.01. The van der Waals surface area contributed by atoms with Crippen LogP contribution < -0.4 is 14.2 Å². The van der Waals surface area contributed by atoms with Crippen LogP contribution in [-0.2, 0) is 0 Å². The second-order valence-corrected chi connectivity index (χ2v) is 4.36. The minimum absolute atomic E-state index is 0.200. The van der Waals surface area contributed by atoms with E-state index in [0.29, 0.717) is 28.5 Å². The Balaban J connectivity index is 2.41. The van der Waals surface area contributed by atoms with Gasteiger partial charge in [-0.3, -0.25) is 4.99 Å². The standard InChI is InChI=1S/C16H17NO5/c1-20-13-7-11(8-14(21-2)16(13)22-3)17-9-10-5-4-6-12(18)15(10)19/h4-9,18-19H,1-3H3. The van der Waals surface area contributed by atoms with E-state index in [1.54, 1.807) is 24.3 Å². The highest BCUT2D eigenvalue weighted by Crippen LogP contribution is 2.40. The molecule has 2 aromatic carbocycles. The number of benzene rings is 2. The zero-order valence-electron chi connectivity index (χ0n) is 12.5. The number of hydrogen-bond acceptors (Lipinski definition) is 6. The summed E-state index contributed by atoms with van der Waals surface area (Å²) < 4.78 is 15.7. The fraction of sp³-hybridized carbons (Fsp3) is 0.188. The predicted molar refractivity (Wildman–Crippen MR) is 83.1 cm³/mol. The van der Waals surface area contributed by atoms with E-state index in [-0.39, 0.29) is 11.5 Å². The Morgan fingerprint density at radius 3 is 2.14 bits per heavy atom. The smallest absolute Gasteiger partial charge is 0.203 e. The lowest BCUT2D eigenvalue weighted by molar-refractivity contribution is 0.324. The van der Waals surface area contributed by atoms with Crippen LogP contribution in [0.5, 0.6) is 28.7 Å². The Hall–Kier alpha value is -2.89. The van der Waals surface area contributed by atoms with Crippen LogP contribution in [0.3, 0.4) is 0 Å². The molecule has 2 rings (SSSR count). The van der Waals surface area contributed by atoms with Crippen LogP contribution in [0, 0.1) is 0 Å². The lowest BCUT2D eigenvalue weighted by atomic mass is 10.2. The number of phenols is 2. The first-order valence-corrected chi connectivity index (χ1v) is 6.45.